The molecule has 2 N–H and O–H groups in total. The fourth-order valence-corrected chi connectivity index (χ4v) is 4.85. The van der Waals surface area contributed by atoms with Crippen LogP contribution in [0.5, 0.6) is 0 Å². The molecule has 0 spiro atoms. The molecule has 1 aliphatic rings. The maximum Gasteiger partial charge on any atom is 0.269 e. The number of amides is 1. The van der Waals surface area contributed by atoms with Crippen molar-refractivity contribution in [2.45, 2.75) is 32.1 Å². The predicted molar refractivity (Wildman–Crippen MR) is 108 cm³/mol. The van der Waals surface area contributed by atoms with E-state index in [1.165, 1.54) is 10.4 Å². The SMILES string of the molecule is CCc1ccc(C(=O)NNc2nc(C)cc(C)n2)cc1S(=O)(=O)N1CCOCC1. The molecule has 29 heavy (non-hydrogen) atoms. The van der Waals surface area contributed by atoms with Gasteiger partial charge in [0.25, 0.3) is 5.91 Å². The number of rotatable bonds is 6. The number of aryl methyl sites for hydroxylation is 3. The van der Waals surface area contributed by atoms with Gasteiger partial charge in [-0.15, -0.1) is 0 Å². The Kier molecular flexibility index (Phi) is 6.46. The number of morpholine rings is 1. The minimum Gasteiger partial charge on any atom is -0.379 e. The quantitative estimate of drug-likeness (QED) is 0.681. The molecule has 9 nitrogen and oxygen atoms in total. The lowest BCUT2D eigenvalue weighted by molar-refractivity contribution is 0.0730. The van der Waals surface area contributed by atoms with Gasteiger partial charge in [-0.25, -0.2) is 18.4 Å². The van der Waals surface area contributed by atoms with Crippen molar-refractivity contribution in [1.82, 2.24) is 19.7 Å². The Morgan fingerprint density at radius 2 is 1.79 bits per heavy atom. The second-order valence-corrected chi connectivity index (χ2v) is 8.65. The Labute approximate surface area is 170 Å². The molecule has 0 bridgehead atoms. The third-order valence-electron chi connectivity index (χ3n) is 4.57. The van der Waals surface area contributed by atoms with Gasteiger partial charge in [-0.2, -0.15) is 4.31 Å². The van der Waals surface area contributed by atoms with E-state index in [0.29, 0.717) is 38.3 Å². The topological polar surface area (TPSA) is 114 Å². The summed E-state index contributed by atoms with van der Waals surface area (Å²) in [4.78, 5) is 21.1. The number of carbonyl (C=O) groups is 1. The van der Waals surface area contributed by atoms with Crippen LogP contribution in [0.2, 0.25) is 0 Å². The Balaban J connectivity index is 1.82. The smallest absolute Gasteiger partial charge is 0.269 e. The number of carbonyl (C=O) groups excluding carboxylic acids is 1. The number of sulfonamides is 1. The van der Waals surface area contributed by atoms with Gasteiger partial charge in [0.05, 0.1) is 18.1 Å². The lowest BCUT2D eigenvalue weighted by atomic mass is 10.1. The number of nitrogens with zero attached hydrogens (tertiary/aromatic N) is 3. The number of aromatic nitrogens is 2. The minimum absolute atomic E-state index is 0.150. The first kappa shape index (κ1) is 21.2. The van der Waals surface area contributed by atoms with E-state index >= 15 is 0 Å². The van der Waals surface area contributed by atoms with Crippen molar-refractivity contribution >= 4 is 21.9 Å². The predicted octanol–water partition coefficient (Wildman–Crippen LogP) is 1.43. The minimum atomic E-state index is -3.71. The summed E-state index contributed by atoms with van der Waals surface area (Å²) in [5.74, 6) is -0.212. The maximum atomic E-state index is 13.1. The summed E-state index contributed by atoms with van der Waals surface area (Å²) in [5.41, 5.74) is 7.62. The second-order valence-electron chi connectivity index (χ2n) is 6.75. The van der Waals surface area contributed by atoms with E-state index in [9.17, 15) is 13.2 Å². The van der Waals surface area contributed by atoms with E-state index in [1.807, 2.05) is 26.8 Å². The van der Waals surface area contributed by atoms with E-state index < -0.39 is 15.9 Å². The molecular formula is C19H25N5O4S. The summed E-state index contributed by atoms with van der Waals surface area (Å²) in [6.45, 7) is 6.86. The summed E-state index contributed by atoms with van der Waals surface area (Å²) in [6, 6.07) is 6.52. The molecule has 2 aromatic rings. The van der Waals surface area contributed by atoms with Crippen LogP contribution >= 0.6 is 0 Å². The molecule has 1 aromatic carbocycles. The number of anilines is 1. The van der Waals surface area contributed by atoms with Crippen LogP contribution in [-0.4, -0.2) is 54.9 Å². The molecule has 0 radical (unpaired) electrons. The Hall–Kier alpha value is -2.56. The normalized spacial score (nSPS) is 15.1. The van der Waals surface area contributed by atoms with E-state index in [-0.39, 0.29) is 16.4 Å². The molecule has 0 aliphatic carbocycles. The van der Waals surface area contributed by atoms with Crippen molar-refractivity contribution in [3.63, 3.8) is 0 Å². The van der Waals surface area contributed by atoms with Crippen LogP contribution in [0.1, 0.15) is 34.2 Å². The number of nitrogens with one attached hydrogen (secondary N) is 2. The summed E-state index contributed by atoms with van der Waals surface area (Å²) in [5, 5.41) is 0. The lowest BCUT2D eigenvalue weighted by Crippen LogP contribution is -2.41. The number of hydrogen-bond acceptors (Lipinski definition) is 7. The van der Waals surface area contributed by atoms with Gasteiger partial charge in [-0.1, -0.05) is 13.0 Å². The fraction of sp³-hybridized carbons (Fsp3) is 0.421. The van der Waals surface area contributed by atoms with Crippen LogP contribution in [0.25, 0.3) is 0 Å². The van der Waals surface area contributed by atoms with E-state index in [0.717, 1.165) is 11.4 Å². The van der Waals surface area contributed by atoms with Gasteiger partial charge < -0.3 is 4.74 Å². The molecule has 156 valence electrons. The number of hydrogen-bond donors (Lipinski definition) is 2. The van der Waals surface area contributed by atoms with E-state index in [4.69, 9.17) is 4.74 Å². The van der Waals surface area contributed by atoms with Gasteiger partial charge in [0, 0.05) is 30.0 Å². The number of hydrazine groups is 1. The van der Waals surface area contributed by atoms with Crippen molar-refractivity contribution < 1.29 is 17.9 Å². The Bertz CT molecular complexity index is 983. The molecule has 1 amide bonds. The third kappa shape index (κ3) is 4.89. The van der Waals surface area contributed by atoms with Crippen LogP contribution in [-0.2, 0) is 21.2 Å². The molecule has 3 rings (SSSR count). The van der Waals surface area contributed by atoms with Crippen molar-refractivity contribution in [2.75, 3.05) is 31.7 Å². The van der Waals surface area contributed by atoms with Crippen molar-refractivity contribution in [3.8, 4) is 0 Å². The zero-order valence-electron chi connectivity index (χ0n) is 16.7. The monoisotopic (exact) mass is 419 g/mol. The standard InChI is InChI=1S/C19H25N5O4S/c1-4-15-5-6-16(12-17(15)29(26,27)24-7-9-28-10-8-24)18(25)22-23-19-20-13(2)11-14(3)21-19/h5-6,11-12H,4,7-10H2,1-3H3,(H,22,25)(H,20,21,23). The second kappa shape index (κ2) is 8.85. The van der Waals surface area contributed by atoms with Crippen LogP contribution in [0, 0.1) is 13.8 Å². The lowest BCUT2D eigenvalue weighted by Gasteiger charge is -2.27. The first-order valence-corrected chi connectivity index (χ1v) is 10.8. The van der Waals surface area contributed by atoms with Gasteiger partial charge in [0.2, 0.25) is 16.0 Å². The number of ether oxygens (including phenoxy) is 1. The Morgan fingerprint density at radius 3 is 2.41 bits per heavy atom. The van der Waals surface area contributed by atoms with Crippen molar-refractivity contribution in [3.05, 3.63) is 46.8 Å². The largest absolute Gasteiger partial charge is 0.379 e. The van der Waals surface area contributed by atoms with Gasteiger partial charge in [0.15, 0.2) is 0 Å². The molecule has 1 aliphatic heterocycles. The molecular weight excluding hydrogens is 394 g/mol. The molecule has 1 fully saturated rings. The molecule has 0 unspecified atom stereocenters. The number of benzene rings is 1. The summed E-state index contributed by atoms with van der Waals surface area (Å²) in [6.07, 6.45) is 0.537. The zero-order valence-corrected chi connectivity index (χ0v) is 17.5. The van der Waals surface area contributed by atoms with Crippen molar-refractivity contribution in [2.24, 2.45) is 0 Å². The molecule has 2 heterocycles. The highest BCUT2D eigenvalue weighted by molar-refractivity contribution is 7.89. The molecule has 1 saturated heterocycles. The van der Waals surface area contributed by atoms with Crippen LogP contribution in [0.3, 0.4) is 0 Å². The summed E-state index contributed by atoms with van der Waals surface area (Å²) >= 11 is 0. The molecule has 0 saturated carbocycles. The average Bonchev–Trinajstić information content (AvgIpc) is 2.71. The highest BCUT2D eigenvalue weighted by Crippen LogP contribution is 2.23. The van der Waals surface area contributed by atoms with Gasteiger partial charge in [-0.05, 0) is 44.0 Å². The fourth-order valence-electron chi connectivity index (χ4n) is 3.12. The first-order chi connectivity index (χ1) is 13.8. The van der Waals surface area contributed by atoms with Gasteiger partial charge >= 0.3 is 0 Å². The third-order valence-corrected chi connectivity index (χ3v) is 6.55. The Morgan fingerprint density at radius 1 is 1.14 bits per heavy atom. The first-order valence-electron chi connectivity index (χ1n) is 9.40. The van der Waals surface area contributed by atoms with Crippen LogP contribution < -0.4 is 10.9 Å². The van der Waals surface area contributed by atoms with Crippen LogP contribution in [0.15, 0.2) is 29.2 Å². The molecule has 1 aromatic heterocycles. The van der Waals surface area contributed by atoms with E-state index in [1.54, 1.807) is 12.1 Å². The maximum absolute atomic E-state index is 13.1. The molecule has 0 atom stereocenters. The van der Waals surface area contributed by atoms with Crippen LogP contribution in [0.4, 0.5) is 5.95 Å². The van der Waals surface area contributed by atoms with Gasteiger partial charge in [0.1, 0.15) is 0 Å². The molecule has 10 heteroatoms. The highest BCUT2D eigenvalue weighted by atomic mass is 32.2. The highest BCUT2D eigenvalue weighted by Gasteiger charge is 2.29. The summed E-state index contributed by atoms with van der Waals surface area (Å²) in [7, 11) is -3.71. The zero-order chi connectivity index (χ0) is 21.0. The average molecular weight is 420 g/mol. The summed E-state index contributed by atoms with van der Waals surface area (Å²) < 4.78 is 32.8. The van der Waals surface area contributed by atoms with E-state index in [2.05, 4.69) is 20.8 Å². The van der Waals surface area contributed by atoms with Crippen molar-refractivity contribution in [1.29, 1.82) is 0 Å². The van der Waals surface area contributed by atoms with Gasteiger partial charge in [-0.3, -0.25) is 15.6 Å².